The highest BCUT2D eigenvalue weighted by molar-refractivity contribution is 7.89. The average molecular weight is 357 g/mol. The molecule has 124 valence electrons. The van der Waals surface area contributed by atoms with Crippen LogP contribution in [0.5, 0.6) is 0 Å². The molecule has 3 heterocycles. The Kier molecular flexibility index (Phi) is 3.29. The molecule has 3 aliphatic rings. The minimum Gasteiger partial charge on any atom is -0.352 e. The molecular weight excluding hydrogens is 340 g/mol. The maximum atomic E-state index is 13.1. The Morgan fingerprint density at radius 1 is 1.35 bits per heavy atom. The van der Waals surface area contributed by atoms with Crippen molar-refractivity contribution in [2.75, 3.05) is 19.7 Å². The fraction of sp³-hybridized carbons (Fsp3) is 0.533. The zero-order valence-electron chi connectivity index (χ0n) is 12.7. The molecule has 2 atom stereocenters. The summed E-state index contributed by atoms with van der Waals surface area (Å²) >= 11 is 5.93. The van der Waals surface area contributed by atoms with Gasteiger partial charge in [0.25, 0.3) is 0 Å². The Morgan fingerprint density at radius 3 is 2.87 bits per heavy atom. The third-order valence-electron chi connectivity index (χ3n) is 5.08. The van der Waals surface area contributed by atoms with Gasteiger partial charge < -0.3 is 9.64 Å². The third kappa shape index (κ3) is 2.00. The summed E-state index contributed by atoms with van der Waals surface area (Å²) in [6, 6.07) is 4.30. The van der Waals surface area contributed by atoms with Crippen molar-refractivity contribution in [3.8, 4) is 0 Å². The molecule has 3 aliphatic heterocycles. The van der Waals surface area contributed by atoms with Crippen molar-refractivity contribution in [1.29, 1.82) is 0 Å². The molecule has 6 nitrogen and oxygen atoms in total. The number of carbonyl (C=O) groups is 1. The molecule has 0 bridgehead atoms. The molecule has 1 aromatic carbocycles. The van der Waals surface area contributed by atoms with E-state index in [0.717, 1.165) is 0 Å². The van der Waals surface area contributed by atoms with E-state index >= 15 is 0 Å². The summed E-state index contributed by atoms with van der Waals surface area (Å²) in [6.45, 7) is 3.10. The second kappa shape index (κ2) is 4.92. The van der Waals surface area contributed by atoms with Crippen LogP contribution in [0.4, 0.5) is 0 Å². The fourth-order valence-corrected chi connectivity index (χ4v) is 6.16. The van der Waals surface area contributed by atoms with Crippen LogP contribution in [0.3, 0.4) is 0 Å². The van der Waals surface area contributed by atoms with Crippen molar-refractivity contribution < 1.29 is 17.9 Å². The molecule has 23 heavy (non-hydrogen) atoms. The first-order valence-corrected chi connectivity index (χ1v) is 9.40. The van der Waals surface area contributed by atoms with E-state index in [4.69, 9.17) is 16.3 Å². The number of amides is 1. The minimum absolute atomic E-state index is 0.0276. The van der Waals surface area contributed by atoms with Crippen molar-refractivity contribution >= 4 is 27.5 Å². The molecule has 0 unspecified atom stereocenters. The summed E-state index contributed by atoms with van der Waals surface area (Å²) in [7, 11) is -3.69. The molecule has 1 spiro atoms. The summed E-state index contributed by atoms with van der Waals surface area (Å²) < 4.78 is 33.5. The van der Waals surface area contributed by atoms with E-state index in [1.54, 1.807) is 24.0 Å². The van der Waals surface area contributed by atoms with Crippen LogP contribution in [0, 0.1) is 6.92 Å². The van der Waals surface area contributed by atoms with Gasteiger partial charge in [0, 0.05) is 31.0 Å². The normalized spacial score (nSPS) is 30.8. The number of carbonyl (C=O) groups excluding carboxylic acids is 1. The van der Waals surface area contributed by atoms with Gasteiger partial charge in [-0.15, -0.1) is 0 Å². The number of hydrogen-bond donors (Lipinski definition) is 0. The standard InChI is InChI=1S/C15H17ClN2O4S/c1-10-8-11(16)2-3-12(10)23(20,21)18-5-4-15-13(18)9-14(19)17(15)6-7-22-15/h2-3,8,13H,4-7,9H2,1H3/t13-,15+/m1/s1. The number of halogens is 1. The van der Waals surface area contributed by atoms with Crippen molar-refractivity contribution in [1.82, 2.24) is 9.21 Å². The molecular formula is C15H17ClN2O4S. The highest BCUT2D eigenvalue weighted by Crippen LogP contribution is 2.47. The maximum Gasteiger partial charge on any atom is 0.243 e. The van der Waals surface area contributed by atoms with Gasteiger partial charge in [-0.25, -0.2) is 8.42 Å². The van der Waals surface area contributed by atoms with Gasteiger partial charge in [-0.2, -0.15) is 4.31 Å². The highest BCUT2D eigenvalue weighted by atomic mass is 35.5. The molecule has 8 heteroatoms. The Morgan fingerprint density at radius 2 is 2.13 bits per heavy atom. The summed E-state index contributed by atoms with van der Waals surface area (Å²) in [5, 5.41) is 0.501. The summed E-state index contributed by atoms with van der Waals surface area (Å²) in [5.41, 5.74) is -0.156. The van der Waals surface area contributed by atoms with Gasteiger partial charge in [0.1, 0.15) is 0 Å². The summed E-state index contributed by atoms with van der Waals surface area (Å²) in [6.07, 6.45) is 0.709. The predicted octanol–water partition coefficient (Wildman–Crippen LogP) is 1.37. The van der Waals surface area contributed by atoms with Crippen molar-refractivity contribution in [3.05, 3.63) is 28.8 Å². The van der Waals surface area contributed by atoms with Crippen molar-refractivity contribution in [2.24, 2.45) is 0 Å². The van der Waals surface area contributed by atoms with Gasteiger partial charge in [0.05, 0.1) is 17.5 Å². The molecule has 4 rings (SSSR count). The molecule has 1 amide bonds. The lowest BCUT2D eigenvalue weighted by molar-refractivity contribution is -0.136. The number of benzene rings is 1. The van der Waals surface area contributed by atoms with E-state index < -0.39 is 21.8 Å². The van der Waals surface area contributed by atoms with Gasteiger partial charge in [-0.3, -0.25) is 4.79 Å². The Labute approximate surface area is 140 Å². The fourth-order valence-electron chi connectivity index (χ4n) is 4.07. The van der Waals surface area contributed by atoms with Crippen LogP contribution in [-0.2, 0) is 19.6 Å². The monoisotopic (exact) mass is 356 g/mol. The van der Waals surface area contributed by atoms with Crippen LogP contribution in [0.2, 0.25) is 5.02 Å². The SMILES string of the molecule is Cc1cc(Cl)ccc1S(=O)(=O)N1CC[C@@]23OCCN2C(=O)C[C@@H]13. The van der Waals surface area contributed by atoms with E-state index in [-0.39, 0.29) is 17.2 Å². The number of nitrogens with zero attached hydrogens (tertiary/aromatic N) is 2. The average Bonchev–Trinajstić information content (AvgIpc) is 3.10. The quantitative estimate of drug-likeness (QED) is 0.802. The molecule has 0 aromatic heterocycles. The molecule has 0 radical (unpaired) electrons. The lowest BCUT2D eigenvalue weighted by Crippen LogP contribution is -2.48. The van der Waals surface area contributed by atoms with Crippen LogP contribution in [0.25, 0.3) is 0 Å². The Hall–Kier alpha value is -1.15. The Bertz CT molecular complexity index is 797. The number of rotatable bonds is 2. The maximum absolute atomic E-state index is 13.1. The number of hydrogen-bond acceptors (Lipinski definition) is 4. The third-order valence-corrected chi connectivity index (χ3v) is 7.38. The van der Waals surface area contributed by atoms with Crippen LogP contribution in [0.1, 0.15) is 18.4 Å². The van der Waals surface area contributed by atoms with Gasteiger partial charge in [-0.1, -0.05) is 11.6 Å². The zero-order valence-corrected chi connectivity index (χ0v) is 14.2. The lowest BCUT2D eigenvalue weighted by atomic mass is 10.1. The van der Waals surface area contributed by atoms with Crippen LogP contribution in [-0.4, -0.2) is 55.0 Å². The molecule has 3 saturated heterocycles. The highest BCUT2D eigenvalue weighted by Gasteiger charge is 2.64. The summed E-state index contributed by atoms with van der Waals surface area (Å²) in [4.78, 5) is 14.1. The molecule has 0 N–H and O–H groups in total. The van der Waals surface area contributed by atoms with Gasteiger partial charge in [-0.05, 0) is 30.7 Å². The predicted molar refractivity (Wildman–Crippen MR) is 83.5 cm³/mol. The van der Waals surface area contributed by atoms with Crippen molar-refractivity contribution in [3.63, 3.8) is 0 Å². The van der Waals surface area contributed by atoms with Crippen LogP contribution >= 0.6 is 11.6 Å². The Balaban J connectivity index is 1.75. The second-order valence-electron chi connectivity index (χ2n) is 6.23. The first kappa shape index (κ1) is 15.4. The molecule has 0 saturated carbocycles. The van der Waals surface area contributed by atoms with Gasteiger partial charge in [0.15, 0.2) is 5.72 Å². The first-order valence-electron chi connectivity index (χ1n) is 7.59. The molecule has 0 aliphatic carbocycles. The lowest BCUT2D eigenvalue weighted by Gasteiger charge is -2.31. The zero-order chi connectivity index (χ0) is 16.4. The largest absolute Gasteiger partial charge is 0.352 e. The van der Waals surface area contributed by atoms with Crippen LogP contribution < -0.4 is 0 Å². The first-order chi connectivity index (χ1) is 10.9. The van der Waals surface area contributed by atoms with E-state index in [2.05, 4.69) is 0 Å². The van der Waals surface area contributed by atoms with E-state index in [1.807, 2.05) is 0 Å². The number of sulfonamides is 1. The van der Waals surface area contributed by atoms with Crippen LogP contribution in [0.15, 0.2) is 23.1 Å². The smallest absolute Gasteiger partial charge is 0.243 e. The summed E-state index contributed by atoms with van der Waals surface area (Å²) in [5.74, 6) is -0.0276. The second-order valence-corrected chi connectivity index (χ2v) is 8.53. The van der Waals surface area contributed by atoms with Gasteiger partial charge >= 0.3 is 0 Å². The van der Waals surface area contributed by atoms with Crippen molar-refractivity contribution in [2.45, 2.75) is 36.4 Å². The molecule has 3 fully saturated rings. The van der Waals surface area contributed by atoms with Gasteiger partial charge in [0.2, 0.25) is 15.9 Å². The minimum atomic E-state index is -3.69. The van der Waals surface area contributed by atoms with E-state index in [1.165, 1.54) is 10.4 Å². The van der Waals surface area contributed by atoms with E-state index in [9.17, 15) is 13.2 Å². The number of ether oxygens (including phenoxy) is 1. The topological polar surface area (TPSA) is 66.9 Å². The molecule has 1 aromatic rings. The van der Waals surface area contributed by atoms with E-state index in [0.29, 0.717) is 36.7 Å². The number of aryl methyl sites for hydroxylation is 1.